The summed E-state index contributed by atoms with van der Waals surface area (Å²) >= 11 is 1.53. The number of thiophene rings is 1. The molecule has 1 amide bonds. The fraction of sp³-hybridized carbons (Fsp3) is 0.400. The lowest BCUT2D eigenvalue weighted by Crippen LogP contribution is -2.22. The van der Waals surface area contributed by atoms with Gasteiger partial charge in [-0.25, -0.2) is 0 Å². The van der Waals surface area contributed by atoms with Gasteiger partial charge in [0.05, 0.1) is 12.7 Å². The summed E-state index contributed by atoms with van der Waals surface area (Å²) in [5.74, 6) is 0.967. The molecule has 0 saturated heterocycles. The summed E-state index contributed by atoms with van der Waals surface area (Å²) in [6.07, 6.45) is 1.66. The van der Waals surface area contributed by atoms with Crippen LogP contribution in [-0.4, -0.2) is 19.6 Å². The zero-order valence-electron chi connectivity index (χ0n) is 14.9. The van der Waals surface area contributed by atoms with E-state index in [4.69, 9.17) is 4.74 Å². The van der Waals surface area contributed by atoms with Gasteiger partial charge < -0.3 is 15.4 Å². The van der Waals surface area contributed by atoms with Crippen LogP contribution in [0.15, 0.2) is 18.2 Å². The number of hydrogen-bond donors (Lipinski definition) is 2. The monoisotopic (exact) mass is 367 g/mol. The lowest BCUT2D eigenvalue weighted by atomic mass is 10.0. The maximum absolute atomic E-state index is 12.8. The van der Waals surface area contributed by atoms with Crippen LogP contribution in [0.2, 0.25) is 0 Å². The Balaban J connectivity index is 1.52. The van der Waals surface area contributed by atoms with Crippen LogP contribution in [0.3, 0.4) is 0 Å². The number of nitriles is 1. The molecule has 1 aromatic heterocycles. The first-order valence-corrected chi connectivity index (χ1v) is 9.64. The largest absolute Gasteiger partial charge is 0.496 e. The number of ether oxygens (including phenoxy) is 1. The molecular formula is C20H21N3O2S. The van der Waals surface area contributed by atoms with E-state index in [-0.39, 0.29) is 17.7 Å². The predicted octanol–water partition coefficient (Wildman–Crippen LogP) is 3.32. The van der Waals surface area contributed by atoms with Crippen molar-refractivity contribution in [1.29, 1.82) is 5.26 Å². The number of benzene rings is 1. The first-order chi connectivity index (χ1) is 12.6. The number of anilines is 1. The molecule has 1 aliphatic carbocycles. The lowest BCUT2D eigenvalue weighted by molar-refractivity contribution is -0.117. The summed E-state index contributed by atoms with van der Waals surface area (Å²) in [4.78, 5) is 13.9. The van der Waals surface area contributed by atoms with Crippen molar-refractivity contribution < 1.29 is 9.53 Å². The van der Waals surface area contributed by atoms with E-state index < -0.39 is 0 Å². The molecule has 1 fully saturated rings. The summed E-state index contributed by atoms with van der Waals surface area (Å²) in [5, 5.41) is 16.6. The highest BCUT2D eigenvalue weighted by atomic mass is 32.1. The van der Waals surface area contributed by atoms with Crippen molar-refractivity contribution in [1.82, 2.24) is 5.32 Å². The summed E-state index contributed by atoms with van der Waals surface area (Å²) in [7, 11) is 1.66. The summed E-state index contributed by atoms with van der Waals surface area (Å²) in [6, 6.07) is 8.37. The average molecular weight is 367 g/mol. The Morgan fingerprint density at radius 2 is 2.31 bits per heavy atom. The van der Waals surface area contributed by atoms with Crippen LogP contribution < -0.4 is 15.4 Å². The van der Waals surface area contributed by atoms with Crippen molar-refractivity contribution in [2.75, 3.05) is 19.0 Å². The van der Waals surface area contributed by atoms with Crippen molar-refractivity contribution in [3.8, 4) is 11.8 Å². The highest BCUT2D eigenvalue weighted by Gasteiger charge is 2.45. The molecule has 1 aliphatic heterocycles. The van der Waals surface area contributed by atoms with Gasteiger partial charge in [-0.1, -0.05) is 17.7 Å². The fourth-order valence-corrected chi connectivity index (χ4v) is 4.89. The first-order valence-electron chi connectivity index (χ1n) is 8.83. The quantitative estimate of drug-likeness (QED) is 0.869. The first kappa shape index (κ1) is 17.1. The van der Waals surface area contributed by atoms with Crippen LogP contribution in [0.1, 0.15) is 39.5 Å². The molecule has 4 rings (SSSR count). The molecule has 134 valence electrons. The Kier molecular flexibility index (Phi) is 4.43. The Labute approximate surface area is 157 Å². The van der Waals surface area contributed by atoms with E-state index in [2.05, 4.69) is 22.8 Å². The second kappa shape index (κ2) is 6.75. The van der Waals surface area contributed by atoms with Crippen LogP contribution in [-0.2, 0) is 17.8 Å². The van der Waals surface area contributed by atoms with E-state index in [1.54, 1.807) is 7.11 Å². The van der Waals surface area contributed by atoms with Crippen LogP contribution in [0.25, 0.3) is 0 Å². The summed E-state index contributed by atoms with van der Waals surface area (Å²) in [5.41, 5.74) is 4.00. The minimum absolute atomic E-state index is 0.00150. The number of fused-ring (bicyclic) bond motifs is 1. The molecule has 0 bridgehead atoms. The standard InChI is InChI=1S/C20H21N3O2S/c1-11-3-4-17(25-2)14(7-11)13-8-15(13)19(24)23-20-16(9-21)12-5-6-22-10-18(12)26-20/h3-4,7,13,15,22H,5-6,8,10H2,1-2H3,(H,23,24). The van der Waals surface area contributed by atoms with Gasteiger partial charge in [0.15, 0.2) is 0 Å². The van der Waals surface area contributed by atoms with Gasteiger partial charge in [0.1, 0.15) is 16.8 Å². The minimum atomic E-state index is -0.0607. The van der Waals surface area contributed by atoms with Gasteiger partial charge in [-0.2, -0.15) is 5.26 Å². The van der Waals surface area contributed by atoms with Gasteiger partial charge in [0.2, 0.25) is 5.91 Å². The average Bonchev–Trinajstić information content (AvgIpc) is 3.37. The number of nitrogens with zero attached hydrogens (tertiary/aromatic N) is 1. The number of aryl methyl sites for hydroxylation is 1. The van der Waals surface area contributed by atoms with Crippen molar-refractivity contribution in [3.63, 3.8) is 0 Å². The van der Waals surface area contributed by atoms with E-state index in [0.717, 1.165) is 53.2 Å². The second-order valence-corrected chi connectivity index (χ2v) is 8.04. The molecule has 2 heterocycles. The Morgan fingerprint density at radius 3 is 3.08 bits per heavy atom. The minimum Gasteiger partial charge on any atom is -0.496 e. The van der Waals surface area contributed by atoms with E-state index >= 15 is 0 Å². The van der Waals surface area contributed by atoms with E-state index in [0.29, 0.717) is 10.6 Å². The molecule has 2 aliphatic rings. The van der Waals surface area contributed by atoms with Gasteiger partial charge in [0.25, 0.3) is 0 Å². The number of carbonyl (C=O) groups is 1. The third-order valence-electron chi connectivity index (χ3n) is 5.19. The third kappa shape index (κ3) is 2.98. The maximum atomic E-state index is 12.8. The van der Waals surface area contributed by atoms with Crippen molar-refractivity contribution in [3.05, 3.63) is 45.3 Å². The zero-order chi connectivity index (χ0) is 18.3. The number of rotatable bonds is 4. The third-order valence-corrected chi connectivity index (χ3v) is 6.34. The predicted molar refractivity (Wildman–Crippen MR) is 102 cm³/mol. The van der Waals surface area contributed by atoms with Crippen molar-refractivity contribution in [2.24, 2.45) is 5.92 Å². The molecule has 1 aromatic carbocycles. The van der Waals surface area contributed by atoms with Gasteiger partial charge >= 0.3 is 0 Å². The Hall–Kier alpha value is -2.36. The molecule has 2 unspecified atom stereocenters. The van der Waals surface area contributed by atoms with E-state index in [9.17, 15) is 10.1 Å². The molecule has 6 heteroatoms. The molecule has 5 nitrogen and oxygen atoms in total. The molecule has 0 radical (unpaired) electrons. The highest BCUT2D eigenvalue weighted by Crippen LogP contribution is 2.51. The second-order valence-electron chi connectivity index (χ2n) is 6.93. The normalized spacial score (nSPS) is 20.8. The number of amides is 1. The Morgan fingerprint density at radius 1 is 1.46 bits per heavy atom. The molecule has 1 saturated carbocycles. The number of nitrogens with one attached hydrogen (secondary N) is 2. The van der Waals surface area contributed by atoms with E-state index in [1.807, 2.05) is 19.1 Å². The lowest BCUT2D eigenvalue weighted by Gasteiger charge is -2.11. The van der Waals surface area contributed by atoms with Crippen LogP contribution in [0.4, 0.5) is 5.00 Å². The molecule has 2 atom stereocenters. The molecule has 26 heavy (non-hydrogen) atoms. The fourth-order valence-electron chi connectivity index (χ4n) is 3.72. The van der Waals surface area contributed by atoms with Crippen LogP contribution in [0.5, 0.6) is 5.75 Å². The van der Waals surface area contributed by atoms with Crippen LogP contribution in [0, 0.1) is 24.2 Å². The zero-order valence-corrected chi connectivity index (χ0v) is 15.7. The van der Waals surface area contributed by atoms with Gasteiger partial charge in [-0.15, -0.1) is 11.3 Å². The summed E-state index contributed by atoms with van der Waals surface area (Å²) in [6.45, 7) is 3.70. The molecule has 2 aromatic rings. The van der Waals surface area contributed by atoms with Crippen molar-refractivity contribution >= 4 is 22.2 Å². The highest BCUT2D eigenvalue weighted by molar-refractivity contribution is 7.16. The summed E-state index contributed by atoms with van der Waals surface area (Å²) < 4.78 is 5.46. The van der Waals surface area contributed by atoms with Crippen molar-refractivity contribution in [2.45, 2.75) is 32.2 Å². The van der Waals surface area contributed by atoms with E-state index in [1.165, 1.54) is 11.3 Å². The number of carbonyl (C=O) groups excluding carboxylic acids is 1. The maximum Gasteiger partial charge on any atom is 0.228 e. The smallest absolute Gasteiger partial charge is 0.228 e. The molecule has 2 N–H and O–H groups in total. The SMILES string of the molecule is COc1ccc(C)cc1C1CC1C(=O)Nc1sc2c(c1C#N)CCNC2. The van der Waals surface area contributed by atoms with Gasteiger partial charge in [-0.05, 0) is 49.4 Å². The molecular weight excluding hydrogens is 346 g/mol. The van der Waals surface area contributed by atoms with Crippen LogP contribution >= 0.6 is 11.3 Å². The number of methoxy groups -OCH3 is 1. The van der Waals surface area contributed by atoms with Gasteiger partial charge in [-0.3, -0.25) is 4.79 Å². The Bertz CT molecular complexity index is 913. The van der Waals surface area contributed by atoms with Gasteiger partial charge in [0, 0.05) is 17.3 Å². The topological polar surface area (TPSA) is 74.1 Å². The number of hydrogen-bond acceptors (Lipinski definition) is 5. The molecule has 0 spiro atoms.